The van der Waals surface area contributed by atoms with Crippen molar-refractivity contribution in [2.75, 3.05) is 50.2 Å². The van der Waals surface area contributed by atoms with Gasteiger partial charge in [-0.2, -0.15) is 0 Å². The van der Waals surface area contributed by atoms with Gasteiger partial charge in [-0.25, -0.2) is 14.2 Å². The van der Waals surface area contributed by atoms with Gasteiger partial charge in [0.1, 0.15) is 0 Å². The number of rotatable bonds is 4. The summed E-state index contributed by atoms with van der Waals surface area (Å²) in [6.45, 7) is 2.79. The third kappa shape index (κ3) is 3.64. The summed E-state index contributed by atoms with van der Waals surface area (Å²) in [4.78, 5) is 20.3. The zero-order chi connectivity index (χ0) is 18.0. The number of halogens is 2. The number of carbonyl (C=O) groups is 1. The molecule has 0 radical (unpaired) electrons. The molecule has 0 N–H and O–H groups in total. The number of ether oxygens (including phenoxy) is 2. The molecule has 9 heteroatoms. The van der Waals surface area contributed by atoms with E-state index >= 15 is 0 Å². The molecule has 0 unspecified atom stereocenters. The number of benzene rings is 1. The molecule has 0 aliphatic carbocycles. The Bertz CT molecular complexity index is 778. The Hall–Kier alpha value is -2.06. The first-order chi connectivity index (χ1) is 12.0. The first-order valence-electron chi connectivity index (χ1n) is 7.61. The van der Waals surface area contributed by atoms with Crippen LogP contribution in [0.4, 0.5) is 15.2 Å². The van der Waals surface area contributed by atoms with Crippen molar-refractivity contribution < 1.29 is 18.7 Å². The fourth-order valence-corrected chi connectivity index (χ4v) is 3.90. The topological polar surface area (TPSA) is 54.9 Å². The molecule has 25 heavy (non-hydrogen) atoms. The van der Waals surface area contributed by atoms with Crippen LogP contribution in [0.25, 0.3) is 0 Å². The van der Waals surface area contributed by atoms with Gasteiger partial charge in [-0.3, -0.25) is 0 Å². The number of nitrogens with zero attached hydrogens (tertiary/aromatic N) is 3. The number of piperazine rings is 1. The molecule has 134 valence electrons. The van der Waals surface area contributed by atoms with Crippen LogP contribution in [0, 0.1) is 5.82 Å². The molecule has 1 saturated heterocycles. The zero-order valence-corrected chi connectivity index (χ0v) is 15.4. The molecule has 2 aromatic rings. The lowest BCUT2D eigenvalue weighted by Gasteiger charge is -2.36. The summed E-state index contributed by atoms with van der Waals surface area (Å²) in [5, 5.41) is 0.845. The van der Waals surface area contributed by atoms with Crippen molar-refractivity contribution in [2.24, 2.45) is 0 Å². The average molecular weight is 386 g/mol. The molecule has 3 rings (SSSR count). The number of anilines is 2. The quantitative estimate of drug-likeness (QED) is 0.754. The van der Waals surface area contributed by atoms with Crippen molar-refractivity contribution in [1.82, 2.24) is 4.98 Å². The van der Waals surface area contributed by atoms with Crippen molar-refractivity contribution in [3.63, 3.8) is 0 Å². The Morgan fingerprint density at radius 3 is 2.52 bits per heavy atom. The van der Waals surface area contributed by atoms with E-state index in [0.717, 1.165) is 5.69 Å². The predicted octanol–water partition coefficient (Wildman–Crippen LogP) is 3.06. The van der Waals surface area contributed by atoms with Crippen LogP contribution in [-0.4, -0.2) is 51.4 Å². The number of carbonyl (C=O) groups excluding carboxylic acids is 1. The zero-order valence-electron chi connectivity index (χ0n) is 13.8. The molecule has 0 atom stereocenters. The maximum Gasteiger partial charge on any atom is 0.351 e. The summed E-state index contributed by atoms with van der Waals surface area (Å²) in [5.74, 6) is -0.631. The molecule has 2 heterocycles. The number of esters is 1. The summed E-state index contributed by atoms with van der Waals surface area (Å²) in [5.41, 5.74) is 0.811. The maximum absolute atomic E-state index is 13.9. The van der Waals surface area contributed by atoms with Crippen LogP contribution in [0.3, 0.4) is 0 Å². The lowest BCUT2D eigenvalue weighted by atomic mass is 10.2. The van der Waals surface area contributed by atoms with Gasteiger partial charge in [0.15, 0.2) is 26.7 Å². The minimum Gasteiger partial charge on any atom is -0.494 e. The van der Waals surface area contributed by atoms with E-state index in [0.29, 0.717) is 36.2 Å². The fourth-order valence-electron chi connectivity index (χ4n) is 2.65. The van der Waals surface area contributed by atoms with E-state index in [2.05, 4.69) is 14.8 Å². The van der Waals surface area contributed by atoms with Gasteiger partial charge in [0.25, 0.3) is 0 Å². The largest absolute Gasteiger partial charge is 0.494 e. The van der Waals surface area contributed by atoms with Crippen molar-refractivity contribution >= 4 is 39.7 Å². The van der Waals surface area contributed by atoms with Crippen LogP contribution in [-0.2, 0) is 4.74 Å². The third-order valence-electron chi connectivity index (χ3n) is 4.00. The van der Waals surface area contributed by atoms with Crippen LogP contribution in [0.5, 0.6) is 5.75 Å². The van der Waals surface area contributed by atoms with Crippen LogP contribution in [0.1, 0.15) is 9.67 Å². The van der Waals surface area contributed by atoms with Gasteiger partial charge in [0.05, 0.1) is 14.2 Å². The first-order valence-corrected chi connectivity index (χ1v) is 8.81. The minimum atomic E-state index is -0.485. The molecule has 1 aromatic heterocycles. The van der Waals surface area contributed by atoms with Crippen molar-refractivity contribution in [1.29, 1.82) is 0 Å². The number of hydrogen-bond donors (Lipinski definition) is 0. The molecule has 1 aromatic carbocycles. The van der Waals surface area contributed by atoms with E-state index < -0.39 is 5.97 Å². The highest BCUT2D eigenvalue weighted by Crippen LogP contribution is 2.31. The molecule has 0 bridgehead atoms. The molecular formula is C16H17ClFN3O3S. The lowest BCUT2D eigenvalue weighted by Crippen LogP contribution is -2.46. The Balaban J connectivity index is 1.68. The van der Waals surface area contributed by atoms with Gasteiger partial charge in [-0.1, -0.05) is 22.9 Å². The second kappa shape index (κ2) is 7.45. The Morgan fingerprint density at radius 1 is 1.24 bits per heavy atom. The summed E-state index contributed by atoms with van der Waals surface area (Å²) >= 11 is 7.23. The Labute approximate surface area is 153 Å². The molecule has 1 aliphatic heterocycles. The highest BCUT2D eigenvalue weighted by molar-refractivity contribution is 7.18. The number of hydrogen-bond acceptors (Lipinski definition) is 7. The fraction of sp³-hybridized carbons (Fsp3) is 0.375. The van der Waals surface area contributed by atoms with Crippen molar-refractivity contribution in [2.45, 2.75) is 0 Å². The van der Waals surface area contributed by atoms with Gasteiger partial charge < -0.3 is 19.3 Å². The van der Waals surface area contributed by atoms with Crippen molar-refractivity contribution in [3.8, 4) is 5.75 Å². The van der Waals surface area contributed by atoms with Crippen LogP contribution in [0.2, 0.25) is 5.15 Å². The molecule has 6 nitrogen and oxygen atoms in total. The number of methoxy groups -OCH3 is 2. The SMILES string of the molecule is COC(=O)c1sc(N2CCN(c3ccc(OC)c(F)c3)CC2)nc1Cl. The van der Waals surface area contributed by atoms with E-state index in [9.17, 15) is 9.18 Å². The smallest absolute Gasteiger partial charge is 0.351 e. The van der Waals surface area contributed by atoms with E-state index in [1.165, 1.54) is 31.6 Å². The van der Waals surface area contributed by atoms with E-state index in [4.69, 9.17) is 21.1 Å². The third-order valence-corrected chi connectivity index (χ3v) is 5.48. The van der Waals surface area contributed by atoms with Gasteiger partial charge in [-0.05, 0) is 12.1 Å². The van der Waals surface area contributed by atoms with E-state index in [-0.39, 0.29) is 16.7 Å². The number of thiazole rings is 1. The summed E-state index contributed by atoms with van der Waals surface area (Å²) in [6, 6.07) is 4.94. The van der Waals surface area contributed by atoms with Gasteiger partial charge in [0, 0.05) is 37.9 Å². The normalized spacial score (nSPS) is 14.6. The van der Waals surface area contributed by atoms with E-state index in [1.807, 2.05) is 6.07 Å². The molecule has 0 amide bonds. The second-order valence-corrected chi connectivity index (χ2v) is 6.74. The minimum absolute atomic E-state index is 0.159. The van der Waals surface area contributed by atoms with Gasteiger partial charge >= 0.3 is 5.97 Å². The number of aromatic nitrogens is 1. The van der Waals surface area contributed by atoms with Gasteiger partial charge in [0.2, 0.25) is 0 Å². The molecular weight excluding hydrogens is 369 g/mol. The molecule has 0 saturated carbocycles. The van der Waals surface area contributed by atoms with Gasteiger partial charge in [-0.15, -0.1) is 0 Å². The highest BCUT2D eigenvalue weighted by atomic mass is 35.5. The van der Waals surface area contributed by atoms with Crippen LogP contribution >= 0.6 is 22.9 Å². The first kappa shape index (κ1) is 17.8. The lowest BCUT2D eigenvalue weighted by molar-refractivity contribution is 0.0606. The van der Waals surface area contributed by atoms with E-state index in [1.54, 1.807) is 6.07 Å². The van der Waals surface area contributed by atoms with Crippen molar-refractivity contribution in [3.05, 3.63) is 34.0 Å². The summed E-state index contributed by atoms with van der Waals surface area (Å²) < 4.78 is 23.5. The standard InChI is InChI=1S/C16H17ClFN3O3S/c1-23-12-4-3-10(9-11(12)18)20-5-7-21(8-6-20)16-19-14(17)13(25-16)15(22)24-2/h3-4,9H,5-8H2,1-2H3. The monoisotopic (exact) mass is 385 g/mol. The molecule has 1 aliphatic rings. The summed E-state index contributed by atoms with van der Waals surface area (Å²) in [6.07, 6.45) is 0. The Morgan fingerprint density at radius 2 is 1.92 bits per heavy atom. The Kier molecular flexibility index (Phi) is 5.29. The summed E-state index contributed by atoms with van der Waals surface area (Å²) in [7, 11) is 2.75. The second-order valence-electron chi connectivity index (χ2n) is 5.40. The molecule has 0 spiro atoms. The highest BCUT2D eigenvalue weighted by Gasteiger charge is 2.24. The molecule has 1 fully saturated rings. The average Bonchev–Trinajstić information content (AvgIpc) is 3.03. The maximum atomic E-state index is 13.9. The predicted molar refractivity (Wildman–Crippen MR) is 95.8 cm³/mol. The van der Waals surface area contributed by atoms with Crippen LogP contribution < -0.4 is 14.5 Å². The van der Waals surface area contributed by atoms with Crippen LogP contribution in [0.15, 0.2) is 18.2 Å².